The summed E-state index contributed by atoms with van der Waals surface area (Å²) in [6, 6.07) is 8.67. The van der Waals surface area contributed by atoms with Crippen molar-refractivity contribution in [2.75, 3.05) is 31.2 Å². The Hall–Kier alpha value is -1.06. The normalized spacial score (nSPS) is 15.1. The number of aryl methyl sites for hydroxylation is 1. The van der Waals surface area contributed by atoms with E-state index in [4.69, 9.17) is 9.47 Å². The maximum Gasteiger partial charge on any atom is 0.0674 e. The van der Waals surface area contributed by atoms with Crippen LogP contribution in [0.15, 0.2) is 24.3 Å². The van der Waals surface area contributed by atoms with E-state index in [1.807, 2.05) is 0 Å². The summed E-state index contributed by atoms with van der Waals surface area (Å²) in [6.07, 6.45) is 3.35. The van der Waals surface area contributed by atoms with Gasteiger partial charge in [-0.2, -0.15) is 0 Å². The molecule has 138 valence electrons. The number of hydrogen-bond acceptors (Lipinski definition) is 3. The summed E-state index contributed by atoms with van der Waals surface area (Å²) in [5.41, 5.74) is 2.48. The van der Waals surface area contributed by atoms with Gasteiger partial charge in [-0.25, -0.2) is 0 Å². The first-order valence-corrected chi connectivity index (χ1v) is 9.51. The summed E-state index contributed by atoms with van der Waals surface area (Å²) in [4.78, 5) is 2.37. The quantitative estimate of drug-likeness (QED) is 0.523. The molecule has 0 radical (unpaired) electrons. The lowest BCUT2D eigenvalue weighted by Crippen LogP contribution is -2.35. The van der Waals surface area contributed by atoms with Gasteiger partial charge in [-0.1, -0.05) is 26.0 Å². The lowest BCUT2D eigenvalue weighted by atomic mass is 9.99. The van der Waals surface area contributed by atoms with Crippen molar-refractivity contribution in [1.29, 1.82) is 0 Å². The maximum absolute atomic E-state index is 6.26. The molecule has 0 bridgehead atoms. The van der Waals surface area contributed by atoms with E-state index in [2.05, 4.69) is 70.7 Å². The van der Waals surface area contributed by atoms with Crippen LogP contribution in [0.4, 0.5) is 5.69 Å². The Morgan fingerprint density at radius 3 is 2.50 bits per heavy atom. The van der Waals surface area contributed by atoms with E-state index in [-0.39, 0.29) is 5.60 Å². The third kappa shape index (κ3) is 7.23. The Bertz CT molecular complexity index is 463. The van der Waals surface area contributed by atoms with E-state index < -0.39 is 0 Å². The molecule has 3 heteroatoms. The molecular weight excluding hydrogens is 298 g/mol. The Morgan fingerprint density at radius 1 is 1.17 bits per heavy atom. The number of rotatable bonds is 12. The Labute approximate surface area is 149 Å². The molecule has 0 aliphatic heterocycles. The Morgan fingerprint density at radius 2 is 1.92 bits per heavy atom. The van der Waals surface area contributed by atoms with Crippen molar-refractivity contribution in [2.45, 2.75) is 72.5 Å². The highest BCUT2D eigenvalue weighted by Crippen LogP contribution is 2.21. The molecule has 3 nitrogen and oxygen atoms in total. The van der Waals surface area contributed by atoms with Gasteiger partial charge < -0.3 is 14.4 Å². The van der Waals surface area contributed by atoms with E-state index in [0.29, 0.717) is 6.10 Å². The van der Waals surface area contributed by atoms with Crippen LogP contribution in [-0.2, 0) is 9.47 Å². The molecule has 1 rings (SSSR count). The summed E-state index contributed by atoms with van der Waals surface area (Å²) in [5, 5.41) is 0. The van der Waals surface area contributed by atoms with Gasteiger partial charge in [0.15, 0.2) is 0 Å². The van der Waals surface area contributed by atoms with Gasteiger partial charge in [0.25, 0.3) is 0 Å². The third-order valence-electron chi connectivity index (χ3n) is 4.92. The molecule has 1 aromatic rings. The Kier molecular flexibility index (Phi) is 9.38. The Balaban J connectivity index is 2.46. The van der Waals surface area contributed by atoms with Gasteiger partial charge in [-0.3, -0.25) is 0 Å². The van der Waals surface area contributed by atoms with Gasteiger partial charge in [0.2, 0.25) is 0 Å². The number of nitrogens with zero attached hydrogens (tertiary/aromatic N) is 1. The first kappa shape index (κ1) is 21.0. The van der Waals surface area contributed by atoms with Crippen LogP contribution in [0.1, 0.15) is 59.4 Å². The van der Waals surface area contributed by atoms with Gasteiger partial charge in [-0.15, -0.1) is 0 Å². The van der Waals surface area contributed by atoms with Crippen molar-refractivity contribution in [1.82, 2.24) is 0 Å². The average Bonchev–Trinajstić information content (AvgIpc) is 2.58. The highest BCUT2D eigenvalue weighted by molar-refractivity contribution is 5.48. The number of ether oxygens (including phenoxy) is 2. The van der Waals surface area contributed by atoms with Crippen LogP contribution in [0.5, 0.6) is 0 Å². The second kappa shape index (κ2) is 10.7. The highest BCUT2D eigenvalue weighted by Gasteiger charge is 2.23. The van der Waals surface area contributed by atoms with Gasteiger partial charge in [0.1, 0.15) is 0 Å². The lowest BCUT2D eigenvalue weighted by molar-refractivity contribution is -0.0604. The highest BCUT2D eigenvalue weighted by atomic mass is 16.5. The molecule has 1 unspecified atom stereocenters. The van der Waals surface area contributed by atoms with Gasteiger partial charge >= 0.3 is 0 Å². The van der Waals surface area contributed by atoms with E-state index in [1.54, 1.807) is 0 Å². The largest absolute Gasteiger partial charge is 0.378 e. The molecule has 1 aromatic carbocycles. The van der Waals surface area contributed by atoms with Crippen LogP contribution in [0.25, 0.3) is 0 Å². The fraction of sp³-hybridized carbons (Fsp3) is 0.714. The van der Waals surface area contributed by atoms with Crippen LogP contribution in [0, 0.1) is 6.92 Å². The topological polar surface area (TPSA) is 21.7 Å². The van der Waals surface area contributed by atoms with Crippen molar-refractivity contribution in [3.8, 4) is 0 Å². The van der Waals surface area contributed by atoms with Crippen LogP contribution in [-0.4, -0.2) is 38.0 Å². The molecular formula is C21H37NO2. The molecule has 0 heterocycles. The second-order valence-electron chi connectivity index (χ2n) is 6.91. The minimum Gasteiger partial charge on any atom is -0.378 e. The molecule has 0 aliphatic rings. The zero-order valence-corrected chi connectivity index (χ0v) is 16.6. The monoisotopic (exact) mass is 335 g/mol. The van der Waals surface area contributed by atoms with Crippen molar-refractivity contribution in [2.24, 2.45) is 0 Å². The van der Waals surface area contributed by atoms with Gasteiger partial charge in [0, 0.05) is 25.4 Å². The molecule has 2 atom stereocenters. The first-order chi connectivity index (χ1) is 11.4. The molecule has 0 saturated heterocycles. The zero-order chi connectivity index (χ0) is 18.0. The van der Waals surface area contributed by atoms with Crippen LogP contribution in [0.2, 0.25) is 0 Å². The molecule has 0 amide bonds. The second-order valence-corrected chi connectivity index (χ2v) is 6.91. The smallest absolute Gasteiger partial charge is 0.0674 e. The number of benzene rings is 1. The minimum absolute atomic E-state index is 0.0977. The van der Waals surface area contributed by atoms with E-state index in [9.17, 15) is 0 Å². The SMILES string of the molecule is CC[C@H](C)OCCC(C)(CC)OCCN(CC)c1cccc(C)c1. The van der Waals surface area contributed by atoms with Gasteiger partial charge in [-0.05, 0) is 64.7 Å². The van der Waals surface area contributed by atoms with Crippen molar-refractivity contribution < 1.29 is 9.47 Å². The van der Waals surface area contributed by atoms with Crippen LogP contribution < -0.4 is 4.90 Å². The van der Waals surface area contributed by atoms with Gasteiger partial charge in [0.05, 0.1) is 18.3 Å². The standard InChI is InChI=1S/C21H37NO2/c1-7-19(5)23-15-13-21(6,8-2)24-16-14-22(9-3)20-12-10-11-18(4)17-20/h10-12,17,19H,7-9,13-16H2,1-6H3/t19-,21?/m0/s1. The van der Waals surface area contributed by atoms with Crippen LogP contribution >= 0.6 is 0 Å². The lowest BCUT2D eigenvalue weighted by Gasteiger charge is -2.31. The third-order valence-corrected chi connectivity index (χ3v) is 4.92. The van der Waals surface area contributed by atoms with Crippen molar-refractivity contribution in [3.05, 3.63) is 29.8 Å². The van der Waals surface area contributed by atoms with Crippen molar-refractivity contribution in [3.63, 3.8) is 0 Å². The predicted molar refractivity (Wildman–Crippen MR) is 104 cm³/mol. The average molecular weight is 336 g/mol. The minimum atomic E-state index is -0.0977. The predicted octanol–water partition coefficient (Wildman–Crippen LogP) is 5.21. The zero-order valence-electron chi connectivity index (χ0n) is 16.6. The summed E-state index contributed by atoms with van der Waals surface area (Å²) in [6.45, 7) is 16.5. The molecule has 0 aromatic heterocycles. The molecule has 0 spiro atoms. The van der Waals surface area contributed by atoms with Crippen molar-refractivity contribution >= 4 is 5.69 Å². The number of anilines is 1. The van der Waals surface area contributed by atoms with E-state index in [0.717, 1.165) is 45.6 Å². The summed E-state index contributed by atoms with van der Waals surface area (Å²) in [7, 11) is 0. The summed E-state index contributed by atoms with van der Waals surface area (Å²) >= 11 is 0. The molecule has 0 saturated carbocycles. The fourth-order valence-electron chi connectivity index (χ4n) is 2.64. The van der Waals surface area contributed by atoms with Crippen LogP contribution in [0.3, 0.4) is 0 Å². The number of likely N-dealkylation sites (N-methyl/N-ethyl adjacent to an activating group) is 1. The molecule has 0 N–H and O–H groups in total. The van der Waals surface area contributed by atoms with E-state index in [1.165, 1.54) is 11.3 Å². The summed E-state index contributed by atoms with van der Waals surface area (Å²) in [5.74, 6) is 0. The number of hydrogen-bond donors (Lipinski definition) is 0. The molecule has 0 fully saturated rings. The fourth-order valence-corrected chi connectivity index (χ4v) is 2.64. The molecule has 24 heavy (non-hydrogen) atoms. The maximum atomic E-state index is 6.26. The summed E-state index contributed by atoms with van der Waals surface area (Å²) < 4.78 is 12.1. The van der Waals surface area contributed by atoms with E-state index >= 15 is 0 Å². The first-order valence-electron chi connectivity index (χ1n) is 9.51. The molecule has 0 aliphatic carbocycles.